The minimum absolute atomic E-state index is 0.0543. The highest BCUT2D eigenvalue weighted by Gasteiger charge is 2.12. The molecule has 0 aliphatic carbocycles. The van der Waals surface area contributed by atoms with Gasteiger partial charge in [-0.1, -0.05) is 42.0 Å². The second kappa shape index (κ2) is 9.38. The van der Waals surface area contributed by atoms with E-state index in [9.17, 15) is 4.79 Å². The Balaban J connectivity index is 1.71. The predicted molar refractivity (Wildman–Crippen MR) is 102 cm³/mol. The summed E-state index contributed by atoms with van der Waals surface area (Å²) in [7, 11) is 1.66. The van der Waals surface area contributed by atoms with Crippen molar-refractivity contribution >= 4 is 17.7 Å². The maximum Gasteiger partial charge on any atom is 0.232 e. The molecule has 0 aliphatic heterocycles. The zero-order valence-electron chi connectivity index (χ0n) is 14.5. The summed E-state index contributed by atoms with van der Waals surface area (Å²) in [5.41, 5.74) is 3.71. The van der Waals surface area contributed by atoms with Gasteiger partial charge in [0.15, 0.2) is 0 Å². The molecule has 128 valence electrons. The summed E-state index contributed by atoms with van der Waals surface area (Å²) >= 11 is 1.67. The average Bonchev–Trinajstić information content (AvgIpc) is 2.60. The van der Waals surface area contributed by atoms with Crippen LogP contribution in [0.15, 0.2) is 48.5 Å². The molecule has 3 nitrogen and oxygen atoms in total. The van der Waals surface area contributed by atoms with Gasteiger partial charge in [-0.3, -0.25) is 4.79 Å². The molecule has 1 unspecified atom stereocenters. The van der Waals surface area contributed by atoms with Crippen LogP contribution in [0.2, 0.25) is 0 Å². The van der Waals surface area contributed by atoms with E-state index in [4.69, 9.17) is 4.74 Å². The second-order valence-corrected chi connectivity index (χ2v) is 7.16. The number of hydrogen-bond donors (Lipinski definition) is 1. The third-order valence-electron chi connectivity index (χ3n) is 3.82. The molecular formula is C20H25NO2S. The minimum atomic E-state index is -0.0543. The molecular weight excluding hydrogens is 318 g/mol. The molecule has 0 bridgehead atoms. The highest BCUT2D eigenvalue weighted by Crippen LogP contribution is 2.18. The Morgan fingerprint density at radius 1 is 1.17 bits per heavy atom. The van der Waals surface area contributed by atoms with Crippen molar-refractivity contribution in [2.24, 2.45) is 0 Å². The quantitative estimate of drug-likeness (QED) is 0.788. The smallest absolute Gasteiger partial charge is 0.232 e. The summed E-state index contributed by atoms with van der Waals surface area (Å²) < 4.78 is 5.14. The van der Waals surface area contributed by atoms with Gasteiger partial charge in [-0.15, -0.1) is 11.8 Å². The number of thioether (sulfide) groups is 1. The second-order valence-electron chi connectivity index (χ2n) is 5.83. The van der Waals surface area contributed by atoms with Crippen LogP contribution in [0.5, 0.6) is 5.75 Å². The maximum absolute atomic E-state index is 12.2. The fourth-order valence-electron chi connectivity index (χ4n) is 2.36. The van der Waals surface area contributed by atoms with Gasteiger partial charge in [-0.25, -0.2) is 0 Å². The highest BCUT2D eigenvalue weighted by molar-refractivity contribution is 7.99. The maximum atomic E-state index is 12.2. The van der Waals surface area contributed by atoms with Gasteiger partial charge in [0.2, 0.25) is 5.91 Å². The predicted octanol–water partition coefficient (Wildman–Crippen LogP) is 3.98. The van der Waals surface area contributed by atoms with Crippen LogP contribution >= 0.6 is 11.8 Å². The molecule has 1 amide bonds. The summed E-state index contributed by atoms with van der Waals surface area (Å²) in [6.07, 6.45) is 0.824. The topological polar surface area (TPSA) is 38.3 Å². The summed E-state index contributed by atoms with van der Waals surface area (Å²) in [4.78, 5) is 12.2. The van der Waals surface area contributed by atoms with Crippen molar-refractivity contribution in [2.75, 3.05) is 13.7 Å². The molecule has 2 aromatic carbocycles. The van der Waals surface area contributed by atoms with Gasteiger partial charge >= 0.3 is 0 Å². The summed E-state index contributed by atoms with van der Waals surface area (Å²) in [5.74, 6) is 1.81. The van der Waals surface area contributed by atoms with Crippen LogP contribution in [0.1, 0.15) is 23.6 Å². The summed E-state index contributed by atoms with van der Waals surface area (Å²) in [5, 5.41) is 2.96. The molecule has 0 spiro atoms. The Morgan fingerprint density at radius 2 is 1.92 bits per heavy atom. The van der Waals surface area contributed by atoms with Crippen LogP contribution in [0, 0.1) is 6.92 Å². The van der Waals surface area contributed by atoms with E-state index in [2.05, 4.69) is 36.5 Å². The van der Waals surface area contributed by atoms with Crippen molar-refractivity contribution in [3.8, 4) is 5.75 Å². The monoisotopic (exact) mass is 343 g/mol. The largest absolute Gasteiger partial charge is 0.497 e. The lowest BCUT2D eigenvalue weighted by Gasteiger charge is -2.12. The Morgan fingerprint density at radius 3 is 2.58 bits per heavy atom. The number of carbonyl (C=O) groups is 1. The SMILES string of the molecule is COc1ccc(CCNC(=O)C(C)SCc2cccc(C)c2)cc1. The fourth-order valence-corrected chi connectivity index (χ4v) is 3.22. The van der Waals surface area contributed by atoms with Crippen molar-refractivity contribution in [1.29, 1.82) is 0 Å². The fraction of sp³-hybridized carbons (Fsp3) is 0.350. The number of ether oxygens (including phenoxy) is 1. The Kier molecular flexibility index (Phi) is 7.19. The molecule has 0 saturated heterocycles. The molecule has 0 radical (unpaired) electrons. The Labute approximate surface area is 148 Å². The molecule has 24 heavy (non-hydrogen) atoms. The summed E-state index contributed by atoms with van der Waals surface area (Å²) in [6.45, 7) is 4.70. The highest BCUT2D eigenvalue weighted by atomic mass is 32.2. The Hall–Kier alpha value is -1.94. The van der Waals surface area contributed by atoms with Crippen LogP contribution in [0.3, 0.4) is 0 Å². The number of amides is 1. The molecule has 0 aliphatic rings. The first-order valence-corrected chi connectivity index (χ1v) is 9.21. The van der Waals surface area contributed by atoms with Gasteiger partial charge in [0.25, 0.3) is 0 Å². The number of hydrogen-bond acceptors (Lipinski definition) is 3. The zero-order chi connectivity index (χ0) is 17.4. The van der Waals surface area contributed by atoms with Crippen molar-refractivity contribution in [3.63, 3.8) is 0 Å². The first-order chi connectivity index (χ1) is 11.6. The molecule has 0 fully saturated rings. The van der Waals surface area contributed by atoms with E-state index in [0.717, 1.165) is 17.9 Å². The number of rotatable bonds is 8. The van der Waals surface area contributed by atoms with Crippen molar-refractivity contribution in [2.45, 2.75) is 31.3 Å². The third kappa shape index (κ3) is 5.93. The number of methoxy groups -OCH3 is 1. The van der Waals surface area contributed by atoms with Gasteiger partial charge in [0, 0.05) is 12.3 Å². The van der Waals surface area contributed by atoms with Gasteiger partial charge in [-0.2, -0.15) is 0 Å². The minimum Gasteiger partial charge on any atom is -0.497 e. The average molecular weight is 343 g/mol. The van der Waals surface area contributed by atoms with Gasteiger partial charge in [0.05, 0.1) is 12.4 Å². The summed E-state index contributed by atoms with van der Waals surface area (Å²) in [6, 6.07) is 16.4. The van der Waals surface area contributed by atoms with E-state index in [1.165, 1.54) is 16.7 Å². The van der Waals surface area contributed by atoms with E-state index in [1.54, 1.807) is 18.9 Å². The first-order valence-electron chi connectivity index (χ1n) is 8.16. The lowest BCUT2D eigenvalue weighted by molar-refractivity contribution is -0.120. The molecule has 0 heterocycles. The van der Waals surface area contributed by atoms with E-state index in [-0.39, 0.29) is 11.2 Å². The number of aryl methyl sites for hydroxylation is 1. The van der Waals surface area contributed by atoms with Crippen molar-refractivity contribution in [3.05, 3.63) is 65.2 Å². The lowest BCUT2D eigenvalue weighted by Crippen LogP contribution is -2.32. The molecule has 0 saturated carbocycles. The standard InChI is InChI=1S/C20H25NO2S/c1-15-5-4-6-18(13-15)14-24-16(2)20(22)21-12-11-17-7-9-19(23-3)10-8-17/h4-10,13,16H,11-12,14H2,1-3H3,(H,21,22). The molecule has 4 heteroatoms. The lowest BCUT2D eigenvalue weighted by atomic mass is 10.1. The Bertz CT molecular complexity index is 655. The van der Waals surface area contributed by atoms with Crippen LogP contribution < -0.4 is 10.1 Å². The number of nitrogens with one attached hydrogen (secondary N) is 1. The molecule has 1 atom stereocenters. The first kappa shape index (κ1) is 18.4. The van der Waals surface area contributed by atoms with Gasteiger partial charge in [0.1, 0.15) is 5.75 Å². The van der Waals surface area contributed by atoms with Crippen LogP contribution in [-0.4, -0.2) is 24.8 Å². The van der Waals surface area contributed by atoms with E-state index in [0.29, 0.717) is 6.54 Å². The van der Waals surface area contributed by atoms with Crippen LogP contribution in [0.25, 0.3) is 0 Å². The molecule has 2 aromatic rings. The van der Waals surface area contributed by atoms with Crippen LogP contribution in [-0.2, 0) is 17.0 Å². The molecule has 2 rings (SSSR count). The molecule has 1 N–H and O–H groups in total. The van der Waals surface area contributed by atoms with Crippen molar-refractivity contribution < 1.29 is 9.53 Å². The van der Waals surface area contributed by atoms with Gasteiger partial charge in [-0.05, 0) is 43.5 Å². The normalized spacial score (nSPS) is 11.8. The molecule has 0 aromatic heterocycles. The zero-order valence-corrected chi connectivity index (χ0v) is 15.4. The number of benzene rings is 2. The van der Waals surface area contributed by atoms with Gasteiger partial charge < -0.3 is 10.1 Å². The van der Waals surface area contributed by atoms with E-state index >= 15 is 0 Å². The van der Waals surface area contributed by atoms with E-state index < -0.39 is 0 Å². The van der Waals surface area contributed by atoms with Crippen LogP contribution in [0.4, 0.5) is 0 Å². The third-order valence-corrected chi connectivity index (χ3v) is 5.04. The number of carbonyl (C=O) groups excluding carboxylic acids is 1. The van der Waals surface area contributed by atoms with Crippen molar-refractivity contribution in [1.82, 2.24) is 5.32 Å². The van der Waals surface area contributed by atoms with E-state index in [1.807, 2.05) is 31.2 Å².